The van der Waals surface area contributed by atoms with Gasteiger partial charge in [0.25, 0.3) is 0 Å². The molecule has 0 saturated carbocycles. The van der Waals surface area contributed by atoms with Crippen molar-refractivity contribution in [3.8, 4) is 0 Å². The van der Waals surface area contributed by atoms with Gasteiger partial charge >= 0.3 is 6.09 Å². The van der Waals surface area contributed by atoms with Gasteiger partial charge in [0.2, 0.25) is 5.91 Å². The first-order valence-corrected chi connectivity index (χ1v) is 8.75. The molecule has 25 heavy (non-hydrogen) atoms. The summed E-state index contributed by atoms with van der Waals surface area (Å²) in [5, 5.41) is 0. The molecule has 2 aromatic rings. The van der Waals surface area contributed by atoms with E-state index in [1.165, 1.54) is 6.07 Å². The third-order valence-corrected chi connectivity index (χ3v) is 4.81. The lowest BCUT2D eigenvalue weighted by Crippen LogP contribution is -2.42. The van der Waals surface area contributed by atoms with E-state index in [2.05, 4.69) is 15.9 Å². The maximum Gasteiger partial charge on any atom is 0.417 e. The number of hydrogen-bond acceptors (Lipinski definition) is 3. The van der Waals surface area contributed by atoms with E-state index >= 15 is 0 Å². The first-order valence-electron chi connectivity index (χ1n) is 7.96. The van der Waals surface area contributed by atoms with Crippen molar-refractivity contribution in [1.29, 1.82) is 0 Å². The molecular formula is C19H17BrFNO3. The van der Waals surface area contributed by atoms with Crippen molar-refractivity contribution in [3.05, 3.63) is 69.9 Å². The molecule has 2 aromatic carbocycles. The highest BCUT2D eigenvalue weighted by Crippen LogP contribution is 2.27. The van der Waals surface area contributed by atoms with Gasteiger partial charge in [0.15, 0.2) is 0 Å². The number of carbonyl (C=O) groups is 2. The highest BCUT2D eigenvalue weighted by atomic mass is 79.9. The summed E-state index contributed by atoms with van der Waals surface area (Å²) in [5.41, 5.74) is 1.26. The van der Waals surface area contributed by atoms with Crippen LogP contribution in [-0.4, -0.2) is 29.5 Å². The molecule has 1 saturated heterocycles. The van der Waals surface area contributed by atoms with Crippen molar-refractivity contribution in [2.75, 3.05) is 6.61 Å². The summed E-state index contributed by atoms with van der Waals surface area (Å²) < 4.78 is 19.8. The number of carbonyl (C=O) groups excluding carboxylic acids is 2. The van der Waals surface area contributed by atoms with Crippen LogP contribution in [0.2, 0.25) is 0 Å². The molecule has 4 nitrogen and oxygen atoms in total. The summed E-state index contributed by atoms with van der Waals surface area (Å²) in [7, 11) is 0. The molecule has 0 spiro atoms. The third-order valence-electron chi connectivity index (χ3n) is 4.31. The molecule has 2 amide bonds. The van der Waals surface area contributed by atoms with Gasteiger partial charge in [0.1, 0.15) is 12.4 Å². The topological polar surface area (TPSA) is 46.6 Å². The van der Waals surface area contributed by atoms with Gasteiger partial charge in [-0.25, -0.2) is 14.1 Å². The molecule has 1 aliphatic heterocycles. The fourth-order valence-corrected chi connectivity index (χ4v) is 3.29. The second kappa shape index (κ2) is 7.35. The Kier molecular flexibility index (Phi) is 5.18. The molecule has 6 heteroatoms. The summed E-state index contributed by atoms with van der Waals surface area (Å²) in [4.78, 5) is 26.0. The van der Waals surface area contributed by atoms with Gasteiger partial charge in [-0.2, -0.15) is 0 Å². The Morgan fingerprint density at radius 1 is 1.32 bits per heavy atom. The Balaban J connectivity index is 1.81. The largest absolute Gasteiger partial charge is 0.447 e. The zero-order valence-electron chi connectivity index (χ0n) is 13.6. The van der Waals surface area contributed by atoms with Crippen LogP contribution < -0.4 is 0 Å². The lowest BCUT2D eigenvalue weighted by molar-refractivity contribution is -0.130. The molecule has 130 valence electrons. The minimum absolute atomic E-state index is 0.148. The van der Waals surface area contributed by atoms with Crippen LogP contribution in [0.15, 0.2) is 53.0 Å². The molecule has 0 aromatic heterocycles. The molecule has 0 bridgehead atoms. The summed E-state index contributed by atoms with van der Waals surface area (Å²) in [6, 6.07) is 13.7. The standard InChI is InChI=1S/C19H17BrFNO3/c1-12(16-8-7-14(20)10-17(16)21)18(23)22-15(11-25-19(22)24)9-13-5-3-2-4-6-13/h2-8,10,12,15H,9,11H2,1H3/t12-,15-/m1/s1. The monoisotopic (exact) mass is 405 g/mol. The van der Waals surface area contributed by atoms with Gasteiger partial charge < -0.3 is 4.74 Å². The van der Waals surface area contributed by atoms with Crippen LogP contribution >= 0.6 is 15.9 Å². The van der Waals surface area contributed by atoms with E-state index in [1.54, 1.807) is 19.1 Å². The molecule has 1 aliphatic rings. The van der Waals surface area contributed by atoms with Gasteiger partial charge in [-0.1, -0.05) is 52.3 Å². The second-order valence-corrected chi connectivity index (χ2v) is 6.93. The minimum Gasteiger partial charge on any atom is -0.447 e. The van der Waals surface area contributed by atoms with Gasteiger partial charge in [-0.3, -0.25) is 4.79 Å². The predicted octanol–water partition coefficient (Wildman–Crippen LogP) is 4.28. The fraction of sp³-hybridized carbons (Fsp3) is 0.263. The smallest absolute Gasteiger partial charge is 0.417 e. The summed E-state index contributed by atoms with van der Waals surface area (Å²) in [5.74, 6) is -1.72. The van der Waals surface area contributed by atoms with E-state index in [4.69, 9.17) is 4.74 Å². The molecule has 1 heterocycles. The number of halogens is 2. The Labute approximate surface area is 153 Å². The first-order chi connectivity index (χ1) is 12.0. The van der Waals surface area contributed by atoms with Crippen LogP contribution in [0.4, 0.5) is 9.18 Å². The molecule has 3 rings (SSSR count). The Bertz CT molecular complexity index is 797. The molecule has 0 unspecified atom stereocenters. The van der Waals surface area contributed by atoms with Crippen molar-refractivity contribution >= 4 is 27.9 Å². The normalized spacial score (nSPS) is 18.1. The predicted molar refractivity (Wildman–Crippen MR) is 94.6 cm³/mol. The highest BCUT2D eigenvalue weighted by Gasteiger charge is 2.40. The van der Waals surface area contributed by atoms with E-state index in [0.29, 0.717) is 10.9 Å². The van der Waals surface area contributed by atoms with Crippen LogP contribution in [0.1, 0.15) is 24.0 Å². The molecule has 1 fully saturated rings. The van der Waals surface area contributed by atoms with Crippen molar-refractivity contribution < 1.29 is 18.7 Å². The van der Waals surface area contributed by atoms with Crippen molar-refractivity contribution in [1.82, 2.24) is 4.90 Å². The average molecular weight is 406 g/mol. The van der Waals surface area contributed by atoms with Crippen molar-refractivity contribution in [3.63, 3.8) is 0 Å². The van der Waals surface area contributed by atoms with Crippen LogP contribution in [0.3, 0.4) is 0 Å². The zero-order chi connectivity index (χ0) is 18.0. The number of amides is 2. The summed E-state index contributed by atoms with van der Waals surface area (Å²) >= 11 is 3.20. The average Bonchev–Trinajstić information content (AvgIpc) is 2.95. The number of cyclic esters (lactones) is 1. The molecule has 0 radical (unpaired) electrons. The molecule has 2 atom stereocenters. The minimum atomic E-state index is -0.781. The van der Waals surface area contributed by atoms with E-state index in [-0.39, 0.29) is 18.2 Å². The van der Waals surface area contributed by atoms with Crippen LogP contribution in [-0.2, 0) is 16.0 Å². The Morgan fingerprint density at radius 2 is 2.04 bits per heavy atom. The summed E-state index contributed by atoms with van der Waals surface area (Å²) in [6.45, 7) is 1.74. The molecule has 0 N–H and O–H groups in total. The van der Waals surface area contributed by atoms with E-state index in [1.807, 2.05) is 30.3 Å². The maximum absolute atomic E-state index is 14.2. The maximum atomic E-state index is 14.2. The SMILES string of the molecule is C[C@@H](C(=O)N1C(=O)OC[C@H]1Cc1ccccc1)c1ccc(Br)cc1F. The van der Waals surface area contributed by atoms with Gasteiger partial charge in [-0.05, 0) is 31.0 Å². The summed E-state index contributed by atoms with van der Waals surface area (Å²) in [6.07, 6.45) is -0.163. The zero-order valence-corrected chi connectivity index (χ0v) is 15.2. The van der Waals surface area contributed by atoms with E-state index in [0.717, 1.165) is 10.5 Å². The lowest BCUT2D eigenvalue weighted by atomic mass is 9.97. The first kappa shape index (κ1) is 17.6. The Hall–Kier alpha value is -2.21. The van der Waals surface area contributed by atoms with Gasteiger partial charge in [0.05, 0.1) is 12.0 Å². The van der Waals surface area contributed by atoms with Gasteiger partial charge in [-0.15, -0.1) is 0 Å². The number of nitrogens with zero attached hydrogens (tertiary/aromatic N) is 1. The third kappa shape index (κ3) is 3.74. The van der Waals surface area contributed by atoms with Crippen LogP contribution in [0, 0.1) is 5.82 Å². The highest BCUT2D eigenvalue weighted by molar-refractivity contribution is 9.10. The van der Waals surface area contributed by atoms with Crippen molar-refractivity contribution in [2.45, 2.75) is 25.3 Å². The second-order valence-electron chi connectivity index (χ2n) is 6.02. The number of benzene rings is 2. The number of ether oxygens (including phenoxy) is 1. The van der Waals surface area contributed by atoms with E-state index < -0.39 is 23.7 Å². The quantitative estimate of drug-likeness (QED) is 0.762. The number of rotatable bonds is 4. The van der Waals surface area contributed by atoms with Crippen LogP contribution in [0.5, 0.6) is 0 Å². The van der Waals surface area contributed by atoms with Crippen LogP contribution in [0.25, 0.3) is 0 Å². The Morgan fingerprint density at radius 3 is 2.72 bits per heavy atom. The van der Waals surface area contributed by atoms with Crippen molar-refractivity contribution in [2.24, 2.45) is 0 Å². The number of imide groups is 1. The molecular weight excluding hydrogens is 389 g/mol. The van der Waals surface area contributed by atoms with Gasteiger partial charge in [0, 0.05) is 10.0 Å². The molecule has 0 aliphatic carbocycles. The fourth-order valence-electron chi connectivity index (χ4n) is 2.96. The lowest BCUT2D eigenvalue weighted by Gasteiger charge is -2.23. The van der Waals surface area contributed by atoms with E-state index in [9.17, 15) is 14.0 Å². The number of hydrogen-bond donors (Lipinski definition) is 0.